The second kappa shape index (κ2) is 47.2. The highest BCUT2D eigenvalue weighted by Gasteiger charge is 2.40. The van der Waals surface area contributed by atoms with Crippen LogP contribution in [0.4, 0.5) is 39.8 Å². The average molecular weight is 2260 g/mol. The normalized spacial score (nSPS) is 15.8. The molecule has 44 heteroatoms. The number of sulfone groups is 4. The molecule has 4 aromatic heterocycles. The summed E-state index contributed by atoms with van der Waals surface area (Å²) in [6, 6.07) is 57.4. The molecule has 12 heterocycles. The van der Waals surface area contributed by atoms with Gasteiger partial charge < -0.3 is 30.5 Å². The van der Waals surface area contributed by atoms with Crippen LogP contribution in [-0.2, 0) is 140 Å². The number of hydrogen-bond donors (Lipinski definition) is 3. The van der Waals surface area contributed by atoms with E-state index in [1.807, 2.05) is 60.5 Å². The first-order valence-electron chi connectivity index (χ1n) is 47.6. The van der Waals surface area contributed by atoms with Gasteiger partial charge in [-0.05, 0) is 240 Å². The van der Waals surface area contributed by atoms with Gasteiger partial charge in [-0.3, -0.25) is 67.4 Å². The fourth-order valence-electron chi connectivity index (χ4n) is 18.4. The summed E-state index contributed by atoms with van der Waals surface area (Å²) >= 11 is 26.9. The van der Waals surface area contributed by atoms with Crippen LogP contribution in [0.3, 0.4) is 0 Å². The minimum Gasteiger partial charge on any atom is -0.384 e. The zero-order valence-electron chi connectivity index (χ0n) is 80.4. The number of halogens is 4. The van der Waals surface area contributed by atoms with E-state index in [1.54, 1.807) is 115 Å². The Bertz CT molecular complexity index is 7880. The van der Waals surface area contributed by atoms with E-state index in [2.05, 4.69) is 30.7 Å². The Balaban J connectivity index is 0.000000136. The molecule has 2 fully saturated rings. The van der Waals surface area contributed by atoms with E-state index in [4.69, 9.17) is 51.1 Å². The molecule has 8 aliphatic rings. The molecule has 32 nitrogen and oxygen atoms in total. The quantitative estimate of drug-likeness (QED) is 0.0322. The number of morpholine rings is 1. The first-order valence-corrected chi connectivity index (χ1v) is 59.0. The second-order valence-corrected chi connectivity index (χ2v) is 52.3. The van der Waals surface area contributed by atoms with E-state index in [1.165, 1.54) is 61.4 Å². The van der Waals surface area contributed by atoms with Gasteiger partial charge in [0.15, 0.2) is 62.5 Å². The van der Waals surface area contributed by atoms with Gasteiger partial charge >= 0.3 is 0 Å². The van der Waals surface area contributed by atoms with Crippen molar-refractivity contribution in [2.45, 2.75) is 87.5 Å². The molecule has 0 saturated carbocycles. The first-order chi connectivity index (χ1) is 71.7. The van der Waals surface area contributed by atoms with E-state index in [0.717, 1.165) is 196 Å². The Morgan fingerprint density at radius 3 is 1.01 bits per heavy atom. The minimum absolute atomic E-state index is 0.0546. The average Bonchev–Trinajstić information content (AvgIpc) is 1.27. The molecule has 778 valence electrons. The molecule has 0 bridgehead atoms. The Hall–Kier alpha value is -12.5. The van der Waals surface area contributed by atoms with Crippen molar-refractivity contribution in [3.05, 3.63) is 308 Å². The molecular weight excluding hydrogens is 2160 g/mol. The third-order valence-corrected chi connectivity index (χ3v) is 39.7. The Labute approximate surface area is 901 Å². The predicted octanol–water partition coefficient (Wildman–Crippen LogP) is 14.8. The second-order valence-electron chi connectivity index (χ2n) is 36.6. The molecule has 0 spiro atoms. The maximum Gasteiger partial charge on any atom is 0.265 e. The molecule has 8 amide bonds. The molecule has 0 radical (unpaired) electrons. The van der Waals surface area contributed by atoms with Crippen LogP contribution in [0.2, 0.25) is 17.3 Å². The van der Waals surface area contributed by atoms with Crippen LogP contribution < -0.4 is 35.6 Å². The van der Waals surface area contributed by atoms with Crippen LogP contribution in [0.15, 0.2) is 234 Å². The number of carbonyl (C=O) groups is 12. The van der Waals surface area contributed by atoms with Crippen molar-refractivity contribution in [2.75, 3.05) is 151 Å². The number of ketones is 4. The molecule has 12 aromatic rings. The molecule has 0 unspecified atom stereocenters. The summed E-state index contributed by atoms with van der Waals surface area (Å²) in [4.78, 5) is 170. The van der Waals surface area contributed by atoms with Gasteiger partial charge in [0.1, 0.15) is 45.7 Å². The highest BCUT2D eigenvalue weighted by atomic mass is 35.5. The number of imide groups is 4. The number of nitrogens with one attached hydrogen (secondary N) is 3. The summed E-state index contributed by atoms with van der Waals surface area (Å²) < 4.78 is 106. The number of amidine groups is 1. The minimum atomic E-state index is -3.77. The predicted molar refractivity (Wildman–Crippen MR) is 580 cm³/mol. The van der Waals surface area contributed by atoms with Crippen LogP contribution >= 0.6 is 91.8 Å². The van der Waals surface area contributed by atoms with E-state index >= 15 is 0 Å². The number of hydrogen-bond acceptors (Lipinski definition) is 32. The summed E-state index contributed by atoms with van der Waals surface area (Å²) in [5.41, 5.74) is 13.3. The molecule has 2 saturated heterocycles. The number of rotatable bonds is 33. The summed E-state index contributed by atoms with van der Waals surface area (Å²) in [5.74, 6) is -6.43. The van der Waals surface area contributed by atoms with Crippen molar-refractivity contribution in [3.63, 3.8) is 0 Å². The number of likely N-dealkylation sites (tertiary alicyclic amines) is 1. The van der Waals surface area contributed by atoms with Crippen LogP contribution in [0, 0.1) is 0 Å². The molecule has 8 aliphatic heterocycles. The van der Waals surface area contributed by atoms with Gasteiger partial charge in [0, 0.05) is 130 Å². The standard InChI is InChI=1S/C28H28ClN3O6S2.C28H28ClN3O5S2.C26H22ClN3O5S2.C24H19ClN2O5S2/c29-25-7-8-27(39-25)40(36,37)18-23(33)15-19-1-4-22(5-2-19)32-26(34)17-20-16-21(3-6-24(20)28(32)35)30-9-10-31-11-13-38-14-12-31;29-25-9-10-27(38-25)39(36,37)18-23(33)15-19-3-6-22(7-4-19)32-26(34)17-20-16-21(5-8-24(20)28(32)35)30-11-14-31-12-1-2-13-31;1-29-11-10-28-25(29)17-4-7-21-18(13-17)14-23(32)30(26(21)33)19-5-2-16(3-6-19)12-20(31)15-37(34,35)24-9-8-22(27)36-24;25-21-5-6-23(33-21)34(31,32)13-18(28)9-14-1-3-17(4-2-14)27-22(29)12-16-11-20-15(7-8-26-20)10-19(16)24(27)30/h1-8,16,30H,9-15,17-18H2;3-10,16,30H,1-2,11-15,17-18H2;2-9,13H,10-12,14-15H2,1H3;1-6,10-11,26H,7-9,12-13H2. The zero-order valence-corrected chi connectivity index (χ0v) is 90.0. The third kappa shape index (κ3) is 26.3. The molecule has 150 heavy (non-hydrogen) atoms. The van der Waals surface area contributed by atoms with Crippen molar-refractivity contribution in [2.24, 2.45) is 4.99 Å². The largest absolute Gasteiger partial charge is 0.384 e. The molecular formula is C106H97Cl4N11O21S8. The topological polar surface area (TPSA) is 422 Å². The van der Waals surface area contributed by atoms with Gasteiger partial charge in [0.05, 0.1) is 85.5 Å². The maximum atomic E-state index is 13.3. The number of aliphatic imine (C=N–C) groups is 1. The van der Waals surface area contributed by atoms with Crippen molar-refractivity contribution in [1.29, 1.82) is 0 Å². The summed E-state index contributed by atoms with van der Waals surface area (Å²) in [7, 11) is -13.1. The van der Waals surface area contributed by atoms with Gasteiger partial charge in [0.2, 0.25) is 23.6 Å². The maximum absolute atomic E-state index is 13.3. The van der Waals surface area contributed by atoms with E-state index in [0.29, 0.717) is 101 Å². The monoisotopic (exact) mass is 2260 g/mol. The molecule has 20 rings (SSSR count). The SMILES string of the molecule is CN1CCN=C1c1ccc2c(c1)CC(=O)N(c1ccc(CC(=O)CS(=O)(=O)c3ccc(Cl)s3)cc1)C2=O.O=C(Cc1ccc(N2C(=O)Cc3cc(NCCN4CCCC4)ccc3C2=O)cc1)CS(=O)(=O)c1ccc(Cl)s1.O=C(Cc1ccc(N2C(=O)Cc3cc(NCCN4CCOCC4)ccc3C2=O)cc1)CS(=O)(=O)c1ccc(Cl)s1.O=C(Cc1ccc(N2C(=O)Cc3cc4c(cc3C2=O)CCN4)cc1)CS(=O)(=O)c1ccc(Cl)s1. The zero-order chi connectivity index (χ0) is 106. The Morgan fingerprint density at radius 1 is 0.367 bits per heavy atom. The van der Waals surface area contributed by atoms with Gasteiger partial charge in [0.25, 0.3) is 23.6 Å². The number of likely N-dealkylation sites (N-methyl/N-ethyl adjacent to an activating group) is 1. The van der Waals surface area contributed by atoms with Crippen molar-refractivity contribution >= 4 is 247 Å². The van der Waals surface area contributed by atoms with E-state index < -0.39 is 103 Å². The highest BCUT2D eigenvalue weighted by Crippen LogP contribution is 2.39. The van der Waals surface area contributed by atoms with Crippen LogP contribution in [-0.4, -0.2) is 240 Å². The number of anilines is 7. The smallest absolute Gasteiger partial charge is 0.265 e. The number of fused-ring (bicyclic) bond motifs is 5. The van der Waals surface area contributed by atoms with Gasteiger partial charge in [-0.1, -0.05) is 101 Å². The fraction of sp³-hybridized carbons (Fsp3) is 0.274. The number of amides is 8. The number of ether oxygens (including phenoxy) is 1. The fourth-order valence-corrected chi connectivity index (χ4v) is 29.7. The number of carbonyl (C=O) groups excluding carboxylic acids is 12. The highest BCUT2D eigenvalue weighted by molar-refractivity contribution is 7.95. The number of benzene rings is 8. The number of thiophene rings is 4. The third-order valence-electron chi connectivity index (χ3n) is 25.8. The van der Waals surface area contributed by atoms with Gasteiger partial charge in [-0.25, -0.2) is 53.3 Å². The van der Waals surface area contributed by atoms with Crippen molar-refractivity contribution < 1.29 is 95.9 Å². The van der Waals surface area contributed by atoms with E-state index in [9.17, 15) is 91.2 Å². The van der Waals surface area contributed by atoms with Crippen LogP contribution in [0.5, 0.6) is 0 Å². The number of Topliss-reactive ketones (excluding diaryl/α,β-unsaturated/α-hetero) is 4. The Kier molecular flexibility index (Phi) is 34.2. The van der Waals surface area contributed by atoms with Crippen LogP contribution in [0.25, 0.3) is 0 Å². The molecule has 3 N–H and O–H groups in total. The van der Waals surface area contributed by atoms with Crippen molar-refractivity contribution in [1.82, 2.24) is 14.7 Å². The summed E-state index contributed by atoms with van der Waals surface area (Å²) in [6.07, 6.45) is 3.37. The van der Waals surface area contributed by atoms with Gasteiger partial charge in [-0.2, -0.15) is 0 Å². The van der Waals surface area contributed by atoms with Gasteiger partial charge in [-0.15, -0.1) is 45.3 Å². The Morgan fingerprint density at radius 2 is 0.687 bits per heavy atom. The molecule has 0 atom stereocenters. The lowest BCUT2D eigenvalue weighted by Crippen LogP contribution is -2.42. The lowest BCUT2D eigenvalue weighted by Gasteiger charge is -2.28. The molecule has 0 aliphatic carbocycles. The van der Waals surface area contributed by atoms with E-state index in [-0.39, 0.29) is 97.7 Å². The summed E-state index contributed by atoms with van der Waals surface area (Å²) in [5, 5.41) is 10.0. The number of nitrogens with zero attached hydrogens (tertiary/aromatic N) is 8. The summed E-state index contributed by atoms with van der Waals surface area (Å²) in [6.45, 7) is 11.3. The lowest BCUT2D eigenvalue weighted by atomic mass is 9.94. The molecule has 8 aromatic carbocycles. The first kappa shape index (κ1) is 109. The lowest BCUT2D eigenvalue weighted by molar-refractivity contribution is -0.118. The van der Waals surface area contributed by atoms with Crippen molar-refractivity contribution in [3.8, 4) is 0 Å². The van der Waals surface area contributed by atoms with Crippen LogP contribution in [0.1, 0.15) is 110 Å².